The van der Waals surface area contributed by atoms with Gasteiger partial charge in [0.25, 0.3) is 0 Å². The molecule has 0 fully saturated rings. The zero-order valence-electron chi connectivity index (χ0n) is 12.5. The van der Waals surface area contributed by atoms with E-state index in [1.807, 2.05) is 0 Å². The molecule has 0 saturated heterocycles. The minimum Gasteiger partial charge on any atom is -0.310 e. The Balaban J connectivity index is 2.35. The van der Waals surface area contributed by atoms with E-state index in [0.717, 1.165) is 40.1 Å². The fourth-order valence-electron chi connectivity index (χ4n) is 2.03. The van der Waals surface area contributed by atoms with Crippen molar-refractivity contribution in [3.05, 3.63) is 39.1 Å². The average molecular weight is 371 g/mol. The third-order valence-electron chi connectivity index (χ3n) is 3.09. The monoisotopic (exact) mass is 370 g/mol. The molecule has 21 heavy (non-hydrogen) atoms. The van der Waals surface area contributed by atoms with Crippen LogP contribution in [0.2, 0.25) is 0 Å². The van der Waals surface area contributed by atoms with E-state index >= 15 is 0 Å². The number of halogens is 2. The standard InChI is InChI=1S/C16H20BrFN2S/c1-4-5-14-15(9-19-10(2)3)21-16(20-14)12-8-11(18)6-7-13(12)17/h6-8,10,19H,4-5,9H2,1-3H3. The number of nitrogens with zero attached hydrogens (tertiary/aromatic N) is 1. The number of hydrogen-bond acceptors (Lipinski definition) is 3. The maximum absolute atomic E-state index is 13.5. The molecule has 0 atom stereocenters. The van der Waals surface area contributed by atoms with Crippen LogP contribution in [0.15, 0.2) is 22.7 Å². The molecule has 5 heteroatoms. The molecule has 1 aromatic heterocycles. The summed E-state index contributed by atoms with van der Waals surface area (Å²) in [5, 5.41) is 4.32. The van der Waals surface area contributed by atoms with Crippen molar-refractivity contribution in [2.75, 3.05) is 0 Å². The quantitative estimate of drug-likeness (QED) is 0.759. The minimum atomic E-state index is -0.234. The summed E-state index contributed by atoms with van der Waals surface area (Å²) >= 11 is 5.13. The third-order valence-corrected chi connectivity index (χ3v) is 4.92. The summed E-state index contributed by atoms with van der Waals surface area (Å²) in [6.45, 7) is 7.23. The largest absolute Gasteiger partial charge is 0.310 e. The lowest BCUT2D eigenvalue weighted by molar-refractivity contribution is 0.589. The molecule has 114 valence electrons. The molecule has 1 N–H and O–H groups in total. The molecule has 0 unspecified atom stereocenters. The summed E-state index contributed by atoms with van der Waals surface area (Å²) in [7, 11) is 0. The van der Waals surface area contributed by atoms with E-state index in [1.54, 1.807) is 17.4 Å². The molecule has 0 aliphatic heterocycles. The highest BCUT2D eigenvalue weighted by Crippen LogP contribution is 2.34. The Morgan fingerprint density at radius 3 is 2.81 bits per heavy atom. The number of aromatic nitrogens is 1. The van der Waals surface area contributed by atoms with Crippen LogP contribution in [0.4, 0.5) is 4.39 Å². The normalized spacial score (nSPS) is 11.3. The summed E-state index contributed by atoms with van der Waals surface area (Å²) in [6.07, 6.45) is 2.01. The van der Waals surface area contributed by atoms with Gasteiger partial charge in [0.1, 0.15) is 10.8 Å². The van der Waals surface area contributed by atoms with E-state index in [2.05, 4.69) is 42.0 Å². The van der Waals surface area contributed by atoms with E-state index < -0.39 is 0 Å². The predicted octanol–water partition coefficient (Wildman–Crippen LogP) is 5.16. The maximum atomic E-state index is 13.5. The lowest BCUT2D eigenvalue weighted by Crippen LogP contribution is -2.21. The van der Waals surface area contributed by atoms with Gasteiger partial charge in [0, 0.05) is 27.5 Å². The Labute approximate surface area is 137 Å². The van der Waals surface area contributed by atoms with Crippen molar-refractivity contribution in [2.45, 2.75) is 46.2 Å². The molecular formula is C16H20BrFN2S. The van der Waals surface area contributed by atoms with Gasteiger partial charge in [-0.2, -0.15) is 0 Å². The van der Waals surface area contributed by atoms with Crippen LogP contribution < -0.4 is 5.32 Å². The Morgan fingerprint density at radius 2 is 2.14 bits per heavy atom. The van der Waals surface area contributed by atoms with Crippen molar-refractivity contribution in [3.8, 4) is 10.6 Å². The Morgan fingerprint density at radius 1 is 1.38 bits per heavy atom. The smallest absolute Gasteiger partial charge is 0.125 e. The molecule has 2 nitrogen and oxygen atoms in total. The SMILES string of the molecule is CCCc1nc(-c2cc(F)ccc2Br)sc1CNC(C)C. The number of nitrogens with one attached hydrogen (secondary N) is 1. The van der Waals surface area contributed by atoms with Gasteiger partial charge in [0.2, 0.25) is 0 Å². The zero-order chi connectivity index (χ0) is 15.4. The van der Waals surface area contributed by atoms with E-state index in [-0.39, 0.29) is 5.82 Å². The van der Waals surface area contributed by atoms with Gasteiger partial charge in [-0.3, -0.25) is 0 Å². The van der Waals surface area contributed by atoms with Gasteiger partial charge in [0.05, 0.1) is 5.69 Å². The Hall–Kier alpha value is -0.780. The van der Waals surface area contributed by atoms with Crippen LogP contribution in [0.5, 0.6) is 0 Å². The second-order valence-electron chi connectivity index (χ2n) is 5.30. The maximum Gasteiger partial charge on any atom is 0.125 e. The lowest BCUT2D eigenvalue weighted by Gasteiger charge is -2.07. The van der Waals surface area contributed by atoms with Crippen LogP contribution in [0.3, 0.4) is 0 Å². The second-order valence-corrected chi connectivity index (χ2v) is 7.24. The Bertz CT molecular complexity index is 610. The van der Waals surface area contributed by atoms with Crippen molar-refractivity contribution in [1.82, 2.24) is 10.3 Å². The molecule has 0 aliphatic rings. The fourth-order valence-corrected chi connectivity index (χ4v) is 3.68. The molecule has 0 bridgehead atoms. The Kier molecular flexibility index (Phi) is 5.90. The van der Waals surface area contributed by atoms with Crippen LogP contribution >= 0.6 is 27.3 Å². The molecule has 0 amide bonds. The first kappa shape index (κ1) is 16.6. The average Bonchev–Trinajstić information content (AvgIpc) is 2.83. The lowest BCUT2D eigenvalue weighted by atomic mass is 10.2. The van der Waals surface area contributed by atoms with Crippen molar-refractivity contribution >= 4 is 27.3 Å². The van der Waals surface area contributed by atoms with Gasteiger partial charge in [0.15, 0.2) is 0 Å². The van der Waals surface area contributed by atoms with Gasteiger partial charge in [-0.1, -0.05) is 43.1 Å². The molecule has 2 rings (SSSR count). The van der Waals surface area contributed by atoms with E-state index in [1.165, 1.54) is 17.0 Å². The molecule has 0 spiro atoms. The summed E-state index contributed by atoms with van der Waals surface area (Å²) in [5.74, 6) is -0.234. The summed E-state index contributed by atoms with van der Waals surface area (Å²) in [6, 6.07) is 5.16. The number of thiazole rings is 1. The summed E-state index contributed by atoms with van der Waals surface area (Å²) in [4.78, 5) is 5.98. The predicted molar refractivity (Wildman–Crippen MR) is 91.2 cm³/mol. The molecule has 2 aromatic rings. The van der Waals surface area contributed by atoms with Gasteiger partial charge >= 0.3 is 0 Å². The first-order valence-electron chi connectivity index (χ1n) is 7.18. The molecule has 1 aromatic carbocycles. The minimum absolute atomic E-state index is 0.234. The molecule has 1 heterocycles. The van der Waals surface area contributed by atoms with Crippen LogP contribution in [-0.4, -0.2) is 11.0 Å². The second kappa shape index (κ2) is 7.47. The number of benzene rings is 1. The highest BCUT2D eigenvalue weighted by atomic mass is 79.9. The number of hydrogen-bond donors (Lipinski definition) is 1. The van der Waals surface area contributed by atoms with E-state index in [9.17, 15) is 4.39 Å². The molecular weight excluding hydrogens is 351 g/mol. The van der Waals surface area contributed by atoms with Gasteiger partial charge in [-0.25, -0.2) is 9.37 Å². The summed E-state index contributed by atoms with van der Waals surface area (Å²) < 4.78 is 14.4. The van der Waals surface area contributed by atoms with Gasteiger partial charge < -0.3 is 5.32 Å². The van der Waals surface area contributed by atoms with Crippen molar-refractivity contribution in [2.24, 2.45) is 0 Å². The third kappa shape index (κ3) is 4.34. The molecule has 0 aliphatic carbocycles. The van der Waals surface area contributed by atoms with Crippen LogP contribution in [-0.2, 0) is 13.0 Å². The first-order chi connectivity index (χ1) is 10.0. The van der Waals surface area contributed by atoms with Crippen LogP contribution in [0.1, 0.15) is 37.8 Å². The van der Waals surface area contributed by atoms with Gasteiger partial charge in [-0.05, 0) is 24.6 Å². The topological polar surface area (TPSA) is 24.9 Å². The zero-order valence-corrected chi connectivity index (χ0v) is 14.9. The van der Waals surface area contributed by atoms with Crippen molar-refractivity contribution in [1.29, 1.82) is 0 Å². The fraction of sp³-hybridized carbons (Fsp3) is 0.438. The van der Waals surface area contributed by atoms with Crippen molar-refractivity contribution < 1.29 is 4.39 Å². The number of aryl methyl sites for hydroxylation is 1. The van der Waals surface area contributed by atoms with E-state index in [4.69, 9.17) is 4.98 Å². The van der Waals surface area contributed by atoms with Crippen LogP contribution in [0, 0.1) is 5.82 Å². The van der Waals surface area contributed by atoms with Gasteiger partial charge in [-0.15, -0.1) is 11.3 Å². The van der Waals surface area contributed by atoms with Crippen LogP contribution in [0.25, 0.3) is 10.6 Å². The molecule has 0 radical (unpaired) electrons. The summed E-state index contributed by atoms with van der Waals surface area (Å²) in [5.41, 5.74) is 1.95. The molecule has 0 saturated carbocycles. The number of rotatable bonds is 6. The highest BCUT2D eigenvalue weighted by molar-refractivity contribution is 9.10. The van der Waals surface area contributed by atoms with Crippen molar-refractivity contribution in [3.63, 3.8) is 0 Å². The van der Waals surface area contributed by atoms with E-state index in [0.29, 0.717) is 6.04 Å². The highest BCUT2D eigenvalue weighted by Gasteiger charge is 2.14. The first-order valence-corrected chi connectivity index (χ1v) is 8.79.